The van der Waals surface area contributed by atoms with Crippen molar-refractivity contribution in [2.45, 2.75) is 26.3 Å². The molecule has 15 heavy (non-hydrogen) atoms. The minimum absolute atomic E-state index is 0.787. The minimum atomic E-state index is 0.787. The second kappa shape index (κ2) is 4.53. The molecule has 0 N–H and O–H groups in total. The Kier molecular flexibility index (Phi) is 3.11. The van der Waals surface area contributed by atoms with Crippen molar-refractivity contribution < 1.29 is 0 Å². The highest BCUT2D eigenvalue weighted by atomic mass is 15.6. The molecule has 0 saturated carbocycles. The van der Waals surface area contributed by atoms with Crippen LogP contribution in [0.5, 0.6) is 0 Å². The van der Waals surface area contributed by atoms with E-state index >= 15 is 0 Å². The molecule has 2 rings (SSSR count). The van der Waals surface area contributed by atoms with E-state index in [1.54, 1.807) is 4.80 Å². The van der Waals surface area contributed by atoms with Crippen LogP contribution in [0.4, 0.5) is 0 Å². The molecule has 0 unspecified atom stereocenters. The quantitative estimate of drug-likeness (QED) is 0.735. The van der Waals surface area contributed by atoms with Gasteiger partial charge < -0.3 is 4.90 Å². The van der Waals surface area contributed by atoms with Gasteiger partial charge in [-0.3, -0.25) is 0 Å². The first-order valence-electron chi connectivity index (χ1n) is 5.45. The van der Waals surface area contributed by atoms with Crippen LogP contribution in [0.1, 0.15) is 25.6 Å². The molecule has 0 spiro atoms. The number of likely N-dealkylation sites (N-methyl/N-ethyl adjacent to an activating group) is 1. The molecule has 1 aliphatic rings. The molecule has 0 saturated heterocycles. The van der Waals surface area contributed by atoms with Crippen LogP contribution in [0.3, 0.4) is 0 Å². The summed E-state index contributed by atoms with van der Waals surface area (Å²) in [5.41, 5.74) is 1.20. The molecule has 0 fully saturated rings. The maximum Gasteiger partial charge on any atom is 0.201 e. The molecule has 5 heteroatoms. The molecule has 0 aliphatic carbocycles. The van der Waals surface area contributed by atoms with Crippen LogP contribution < -0.4 is 0 Å². The highest BCUT2D eigenvalue weighted by Crippen LogP contribution is 2.15. The van der Waals surface area contributed by atoms with Crippen molar-refractivity contribution in [2.24, 2.45) is 0 Å². The first kappa shape index (κ1) is 10.3. The van der Waals surface area contributed by atoms with Gasteiger partial charge in [0.25, 0.3) is 0 Å². The summed E-state index contributed by atoms with van der Waals surface area (Å²) in [7, 11) is 2.11. The number of aryl methyl sites for hydroxylation is 1. The largest absolute Gasteiger partial charge is 0.302 e. The predicted octanol–water partition coefficient (Wildman–Crippen LogP) is 0.802. The van der Waals surface area contributed by atoms with Gasteiger partial charge in [0.05, 0.1) is 6.54 Å². The molecule has 1 aromatic heterocycles. The molecule has 0 bridgehead atoms. The first-order chi connectivity index (χ1) is 7.29. The molecule has 0 radical (unpaired) electrons. The lowest BCUT2D eigenvalue weighted by atomic mass is 10.1. The number of hydrogen-bond donors (Lipinski definition) is 0. The summed E-state index contributed by atoms with van der Waals surface area (Å²) in [4.78, 5) is 3.95. The van der Waals surface area contributed by atoms with Crippen molar-refractivity contribution >= 4 is 5.57 Å². The lowest BCUT2D eigenvalue weighted by molar-refractivity contribution is 0.372. The Balaban J connectivity index is 2.11. The minimum Gasteiger partial charge on any atom is -0.302 e. The summed E-state index contributed by atoms with van der Waals surface area (Å²) in [6.45, 7) is 5.00. The summed E-state index contributed by atoms with van der Waals surface area (Å²) < 4.78 is 0. The van der Waals surface area contributed by atoms with Crippen LogP contribution in [0.2, 0.25) is 0 Å². The van der Waals surface area contributed by atoms with Crippen molar-refractivity contribution in [1.29, 1.82) is 0 Å². The monoisotopic (exact) mass is 207 g/mol. The van der Waals surface area contributed by atoms with Gasteiger partial charge in [0.15, 0.2) is 0 Å². The topological polar surface area (TPSA) is 46.8 Å². The van der Waals surface area contributed by atoms with Crippen molar-refractivity contribution in [3.63, 3.8) is 0 Å². The van der Waals surface area contributed by atoms with Gasteiger partial charge in [-0.05, 0) is 25.1 Å². The standard InChI is InChI=1S/C10H17N5/c1-3-6-15-12-10(11-13-15)9-5-4-7-14(2)8-9/h5H,3-4,6-8H2,1-2H3. The fourth-order valence-corrected chi connectivity index (χ4v) is 1.72. The first-order valence-corrected chi connectivity index (χ1v) is 5.45. The van der Waals surface area contributed by atoms with E-state index in [1.807, 2.05) is 0 Å². The van der Waals surface area contributed by atoms with E-state index in [4.69, 9.17) is 0 Å². The smallest absolute Gasteiger partial charge is 0.201 e. The van der Waals surface area contributed by atoms with Gasteiger partial charge in [0, 0.05) is 18.7 Å². The molecule has 1 aliphatic heterocycles. The highest BCUT2D eigenvalue weighted by molar-refractivity contribution is 5.61. The van der Waals surface area contributed by atoms with Gasteiger partial charge >= 0.3 is 0 Å². The van der Waals surface area contributed by atoms with Crippen molar-refractivity contribution in [1.82, 2.24) is 25.1 Å². The lowest BCUT2D eigenvalue weighted by Gasteiger charge is -2.20. The Morgan fingerprint density at radius 2 is 2.33 bits per heavy atom. The zero-order valence-corrected chi connectivity index (χ0v) is 9.35. The molecule has 2 heterocycles. The average Bonchev–Trinajstić information content (AvgIpc) is 2.67. The molecule has 0 aromatic carbocycles. The van der Waals surface area contributed by atoms with E-state index in [-0.39, 0.29) is 0 Å². The van der Waals surface area contributed by atoms with E-state index in [0.717, 1.165) is 38.3 Å². The lowest BCUT2D eigenvalue weighted by Crippen LogP contribution is -2.25. The van der Waals surface area contributed by atoms with Gasteiger partial charge in [-0.1, -0.05) is 13.0 Å². The number of nitrogens with zero attached hydrogens (tertiary/aromatic N) is 5. The summed E-state index contributed by atoms with van der Waals surface area (Å²) in [6, 6.07) is 0. The Labute approximate surface area is 89.8 Å². The molecule has 1 aromatic rings. The predicted molar refractivity (Wildman–Crippen MR) is 58.2 cm³/mol. The van der Waals surface area contributed by atoms with Gasteiger partial charge in [-0.15, -0.1) is 10.2 Å². The molecule has 0 amide bonds. The van der Waals surface area contributed by atoms with Crippen LogP contribution >= 0.6 is 0 Å². The maximum absolute atomic E-state index is 4.36. The van der Waals surface area contributed by atoms with E-state index in [1.165, 1.54) is 5.57 Å². The second-order valence-electron chi connectivity index (χ2n) is 3.96. The Bertz CT molecular complexity index is 354. The average molecular weight is 207 g/mol. The summed E-state index contributed by atoms with van der Waals surface area (Å²) in [6.07, 6.45) is 4.33. The summed E-state index contributed by atoms with van der Waals surface area (Å²) in [5, 5.41) is 12.5. The fraction of sp³-hybridized carbons (Fsp3) is 0.700. The van der Waals surface area contributed by atoms with Crippen LogP contribution in [0.25, 0.3) is 5.57 Å². The fourth-order valence-electron chi connectivity index (χ4n) is 1.72. The van der Waals surface area contributed by atoms with Crippen molar-refractivity contribution in [2.75, 3.05) is 20.1 Å². The van der Waals surface area contributed by atoms with Gasteiger partial charge in [0.2, 0.25) is 5.82 Å². The van der Waals surface area contributed by atoms with Crippen LogP contribution in [0.15, 0.2) is 6.08 Å². The second-order valence-corrected chi connectivity index (χ2v) is 3.96. The van der Waals surface area contributed by atoms with E-state index < -0.39 is 0 Å². The third-order valence-electron chi connectivity index (χ3n) is 2.51. The van der Waals surface area contributed by atoms with Gasteiger partial charge in [0.1, 0.15) is 0 Å². The van der Waals surface area contributed by atoms with E-state index in [0.29, 0.717) is 0 Å². The normalized spacial score (nSPS) is 17.9. The van der Waals surface area contributed by atoms with Crippen LogP contribution in [-0.4, -0.2) is 45.2 Å². The third kappa shape index (κ3) is 2.41. The Hall–Kier alpha value is -1.23. The van der Waals surface area contributed by atoms with Crippen molar-refractivity contribution in [3.8, 4) is 0 Å². The van der Waals surface area contributed by atoms with Gasteiger partial charge in [-0.25, -0.2) is 0 Å². The molecule has 5 nitrogen and oxygen atoms in total. The van der Waals surface area contributed by atoms with Crippen LogP contribution in [0, 0.1) is 0 Å². The highest BCUT2D eigenvalue weighted by Gasteiger charge is 2.14. The van der Waals surface area contributed by atoms with Crippen molar-refractivity contribution in [3.05, 3.63) is 11.9 Å². The zero-order chi connectivity index (χ0) is 10.7. The Morgan fingerprint density at radius 1 is 1.47 bits per heavy atom. The van der Waals surface area contributed by atoms with E-state index in [2.05, 4.69) is 40.4 Å². The number of rotatable bonds is 3. The molecule has 82 valence electrons. The number of hydrogen-bond acceptors (Lipinski definition) is 4. The Morgan fingerprint density at radius 3 is 3.07 bits per heavy atom. The summed E-state index contributed by atoms with van der Waals surface area (Å²) in [5.74, 6) is 0.787. The van der Waals surface area contributed by atoms with Gasteiger partial charge in [-0.2, -0.15) is 4.80 Å². The van der Waals surface area contributed by atoms with Crippen LogP contribution in [-0.2, 0) is 6.54 Å². The molecular weight excluding hydrogens is 190 g/mol. The number of tetrazole rings is 1. The third-order valence-corrected chi connectivity index (χ3v) is 2.51. The molecular formula is C10H17N5. The maximum atomic E-state index is 4.36. The zero-order valence-electron chi connectivity index (χ0n) is 9.35. The molecule has 0 atom stereocenters. The van der Waals surface area contributed by atoms with E-state index in [9.17, 15) is 0 Å². The SMILES string of the molecule is CCCn1nnc(C2=CCCN(C)C2)n1. The number of aromatic nitrogens is 4. The summed E-state index contributed by atoms with van der Waals surface area (Å²) >= 11 is 0.